The Kier molecular flexibility index (Phi) is 5.73. The average Bonchev–Trinajstić information content (AvgIpc) is 3.50. The van der Waals surface area contributed by atoms with E-state index >= 15 is 0 Å². The highest BCUT2D eigenvalue weighted by atomic mass is 32.2. The molecule has 184 valence electrons. The standard InChI is InChI=1S/C23H27N7O3S2/c1-35(31,32)30-7-5-28(6-8-30)15-16-13-20-21(34-16)23(29-9-11-33-12-10-29)26-22(25-20)17-3-2-4-19-18(17)14-24-27-19/h2-5,7,13-14,18-19,27H,6,8-12,15H2,1H3. The van der Waals surface area contributed by atoms with E-state index < -0.39 is 10.0 Å². The lowest BCUT2D eigenvalue weighted by atomic mass is 9.88. The number of allylic oxidation sites excluding steroid dienone is 2. The fourth-order valence-corrected chi connectivity index (χ4v) is 6.57. The number of anilines is 1. The zero-order valence-electron chi connectivity index (χ0n) is 19.4. The first kappa shape index (κ1) is 22.5. The van der Waals surface area contributed by atoms with Crippen LogP contribution in [0.4, 0.5) is 5.82 Å². The van der Waals surface area contributed by atoms with E-state index in [2.05, 4.69) is 38.5 Å². The average molecular weight is 514 g/mol. The Morgan fingerprint density at radius 2 is 2.03 bits per heavy atom. The van der Waals surface area contributed by atoms with Crippen LogP contribution in [0.3, 0.4) is 0 Å². The van der Waals surface area contributed by atoms with Crippen molar-refractivity contribution in [3.05, 3.63) is 47.4 Å². The first-order valence-corrected chi connectivity index (χ1v) is 14.3. The van der Waals surface area contributed by atoms with Crippen molar-refractivity contribution in [3.8, 4) is 0 Å². The van der Waals surface area contributed by atoms with Gasteiger partial charge in [0.2, 0.25) is 10.0 Å². The summed E-state index contributed by atoms with van der Waals surface area (Å²) >= 11 is 1.71. The quantitative estimate of drug-likeness (QED) is 0.643. The number of aromatic nitrogens is 2. The number of hydrazone groups is 1. The van der Waals surface area contributed by atoms with Crippen LogP contribution in [0.2, 0.25) is 0 Å². The largest absolute Gasteiger partial charge is 0.378 e. The lowest BCUT2D eigenvalue weighted by Gasteiger charge is -2.29. The molecule has 4 aliphatic rings. The third kappa shape index (κ3) is 4.41. The van der Waals surface area contributed by atoms with Gasteiger partial charge in [-0.1, -0.05) is 18.2 Å². The van der Waals surface area contributed by atoms with Crippen molar-refractivity contribution in [2.45, 2.75) is 12.6 Å². The van der Waals surface area contributed by atoms with Gasteiger partial charge >= 0.3 is 0 Å². The highest BCUT2D eigenvalue weighted by molar-refractivity contribution is 7.88. The molecule has 0 radical (unpaired) electrons. The number of sulfonamides is 1. The second kappa shape index (κ2) is 8.92. The second-order valence-corrected chi connectivity index (χ2v) is 12.1. The summed E-state index contributed by atoms with van der Waals surface area (Å²) in [6.07, 6.45) is 12.9. The van der Waals surface area contributed by atoms with Crippen LogP contribution in [-0.2, 0) is 21.3 Å². The normalized spacial score (nSPS) is 24.1. The van der Waals surface area contributed by atoms with Gasteiger partial charge < -0.3 is 20.0 Å². The number of ether oxygens (including phenoxy) is 1. The molecule has 2 aromatic rings. The minimum absolute atomic E-state index is 0.115. The predicted octanol–water partition coefficient (Wildman–Crippen LogP) is 1.60. The van der Waals surface area contributed by atoms with Crippen LogP contribution in [0.15, 0.2) is 41.8 Å². The van der Waals surface area contributed by atoms with Gasteiger partial charge in [0.15, 0.2) is 11.6 Å². The molecular weight excluding hydrogens is 486 g/mol. The topological polar surface area (TPSA) is 103 Å². The molecule has 3 aliphatic heterocycles. The first-order chi connectivity index (χ1) is 17.0. The first-order valence-electron chi connectivity index (χ1n) is 11.7. The van der Waals surface area contributed by atoms with Gasteiger partial charge in [0.1, 0.15) is 0 Å². The fraction of sp³-hybridized carbons (Fsp3) is 0.435. The monoisotopic (exact) mass is 513 g/mol. The maximum atomic E-state index is 11.8. The highest BCUT2D eigenvalue weighted by Gasteiger charge is 2.31. The molecular formula is C23H27N7O3S2. The van der Waals surface area contributed by atoms with Crippen LogP contribution >= 0.6 is 11.3 Å². The molecule has 5 heterocycles. The van der Waals surface area contributed by atoms with E-state index in [1.165, 1.54) is 10.6 Å². The lowest BCUT2D eigenvalue weighted by Crippen LogP contribution is -2.37. The molecule has 1 N–H and O–H groups in total. The van der Waals surface area contributed by atoms with Gasteiger partial charge in [-0.25, -0.2) is 18.4 Å². The van der Waals surface area contributed by atoms with E-state index in [0.717, 1.165) is 45.4 Å². The van der Waals surface area contributed by atoms with Crippen molar-refractivity contribution in [1.82, 2.24) is 24.6 Å². The fourth-order valence-electron chi connectivity index (χ4n) is 4.75. The minimum atomic E-state index is -3.22. The molecule has 2 unspecified atom stereocenters. The Hall–Kier alpha value is -2.96. The number of fused-ring (bicyclic) bond motifs is 2. The van der Waals surface area contributed by atoms with Crippen molar-refractivity contribution in [2.75, 3.05) is 50.5 Å². The Labute approximate surface area is 208 Å². The van der Waals surface area contributed by atoms with Gasteiger partial charge in [-0.05, 0) is 6.07 Å². The van der Waals surface area contributed by atoms with Gasteiger partial charge in [0.25, 0.3) is 0 Å². The molecule has 0 spiro atoms. The summed E-state index contributed by atoms with van der Waals surface area (Å²) in [5.41, 5.74) is 5.14. The van der Waals surface area contributed by atoms with E-state index in [1.807, 2.05) is 18.5 Å². The van der Waals surface area contributed by atoms with E-state index in [1.54, 1.807) is 17.5 Å². The molecule has 1 aliphatic carbocycles. The summed E-state index contributed by atoms with van der Waals surface area (Å²) in [5.74, 6) is 1.81. The van der Waals surface area contributed by atoms with Gasteiger partial charge in [-0.3, -0.25) is 4.31 Å². The zero-order valence-corrected chi connectivity index (χ0v) is 21.0. The number of nitrogens with zero attached hydrogens (tertiary/aromatic N) is 6. The summed E-state index contributed by atoms with van der Waals surface area (Å²) in [6, 6.07) is 2.28. The summed E-state index contributed by atoms with van der Waals surface area (Å²) in [7, 11) is -3.22. The number of thiophene rings is 1. The highest BCUT2D eigenvalue weighted by Crippen LogP contribution is 2.37. The third-order valence-corrected chi connectivity index (χ3v) is 8.87. The smallest absolute Gasteiger partial charge is 0.231 e. The SMILES string of the molecule is CS(=O)(=O)N1C=CN(Cc2cc3nc(C4=CC=CC5NN=CC45)nc(N4CCOCC4)c3s2)CC1. The molecule has 10 nitrogen and oxygen atoms in total. The molecule has 6 rings (SSSR count). The van der Waals surface area contributed by atoms with Crippen molar-refractivity contribution < 1.29 is 13.2 Å². The number of hydrogen-bond donors (Lipinski definition) is 1. The van der Waals surface area contributed by atoms with Crippen molar-refractivity contribution in [3.63, 3.8) is 0 Å². The van der Waals surface area contributed by atoms with Gasteiger partial charge in [0.05, 0.1) is 54.7 Å². The Morgan fingerprint density at radius 3 is 2.80 bits per heavy atom. The molecule has 2 aromatic heterocycles. The van der Waals surface area contributed by atoms with Crippen LogP contribution in [0, 0.1) is 5.92 Å². The Bertz CT molecular complexity index is 1360. The molecule has 0 saturated carbocycles. The number of hydrogen-bond acceptors (Lipinski definition) is 10. The summed E-state index contributed by atoms with van der Waals surface area (Å²) in [6.45, 7) is 4.73. The molecule has 0 bridgehead atoms. The molecule has 1 fully saturated rings. The van der Waals surface area contributed by atoms with Crippen LogP contribution in [-0.4, -0.2) is 85.5 Å². The lowest BCUT2D eigenvalue weighted by molar-refractivity contribution is 0.122. The number of rotatable bonds is 5. The number of nitrogens with one attached hydrogen (secondary N) is 1. The second-order valence-electron chi connectivity index (χ2n) is 9.01. The van der Waals surface area contributed by atoms with Crippen LogP contribution in [0.1, 0.15) is 10.7 Å². The molecule has 0 aromatic carbocycles. The van der Waals surface area contributed by atoms with Gasteiger partial charge in [-0.15, -0.1) is 11.3 Å². The number of morpholine rings is 1. The maximum Gasteiger partial charge on any atom is 0.231 e. The van der Waals surface area contributed by atoms with Crippen molar-refractivity contribution in [2.24, 2.45) is 11.0 Å². The van der Waals surface area contributed by atoms with E-state index in [4.69, 9.17) is 14.7 Å². The molecule has 0 amide bonds. The Morgan fingerprint density at radius 1 is 1.17 bits per heavy atom. The Balaban J connectivity index is 1.35. The van der Waals surface area contributed by atoms with Crippen molar-refractivity contribution >= 4 is 49.2 Å². The summed E-state index contributed by atoms with van der Waals surface area (Å²) < 4.78 is 31.6. The van der Waals surface area contributed by atoms with Gasteiger partial charge in [0, 0.05) is 48.7 Å². The van der Waals surface area contributed by atoms with Crippen LogP contribution in [0.25, 0.3) is 15.8 Å². The van der Waals surface area contributed by atoms with Crippen molar-refractivity contribution in [1.29, 1.82) is 0 Å². The summed E-state index contributed by atoms with van der Waals surface area (Å²) in [5, 5.41) is 4.27. The van der Waals surface area contributed by atoms with E-state index in [-0.39, 0.29) is 12.0 Å². The molecule has 1 saturated heterocycles. The summed E-state index contributed by atoms with van der Waals surface area (Å²) in [4.78, 5) is 15.7. The van der Waals surface area contributed by atoms with E-state index in [0.29, 0.717) is 32.8 Å². The minimum Gasteiger partial charge on any atom is -0.378 e. The van der Waals surface area contributed by atoms with Crippen LogP contribution in [0.5, 0.6) is 0 Å². The molecule has 35 heavy (non-hydrogen) atoms. The van der Waals surface area contributed by atoms with Crippen LogP contribution < -0.4 is 10.3 Å². The predicted molar refractivity (Wildman–Crippen MR) is 138 cm³/mol. The molecule has 2 atom stereocenters. The maximum absolute atomic E-state index is 11.8. The van der Waals surface area contributed by atoms with Gasteiger partial charge in [-0.2, -0.15) is 5.10 Å². The third-order valence-electron chi connectivity index (χ3n) is 6.61. The zero-order chi connectivity index (χ0) is 24.0. The van der Waals surface area contributed by atoms with E-state index in [9.17, 15) is 8.42 Å². The molecule has 12 heteroatoms.